The Kier molecular flexibility index (Phi) is 3.50. The molecule has 0 aliphatic carbocycles. The second kappa shape index (κ2) is 5.44. The molecule has 0 spiro atoms. The van der Waals surface area contributed by atoms with Gasteiger partial charge in [0.1, 0.15) is 11.9 Å². The highest BCUT2D eigenvalue weighted by Gasteiger charge is 2.28. The molecule has 1 aliphatic rings. The van der Waals surface area contributed by atoms with Crippen molar-refractivity contribution in [3.8, 4) is 0 Å². The van der Waals surface area contributed by atoms with E-state index in [0.717, 1.165) is 31.5 Å². The van der Waals surface area contributed by atoms with E-state index in [1.165, 1.54) is 18.5 Å². The Morgan fingerprint density at radius 3 is 2.79 bits per heavy atom. The summed E-state index contributed by atoms with van der Waals surface area (Å²) in [5.41, 5.74) is 1.02. The molecule has 2 aromatic rings. The molecule has 19 heavy (non-hydrogen) atoms. The maximum atomic E-state index is 13.1. The summed E-state index contributed by atoms with van der Waals surface area (Å²) in [7, 11) is 0. The van der Waals surface area contributed by atoms with Crippen molar-refractivity contribution in [2.24, 2.45) is 5.92 Å². The summed E-state index contributed by atoms with van der Waals surface area (Å²) < 4.78 is 13.1. The lowest BCUT2D eigenvalue weighted by Gasteiger charge is -2.30. The SMILES string of the molecule is Fc1ccc(C([C@H]2CCCNC2)n2ncnn2)cc1. The van der Waals surface area contributed by atoms with Gasteiger partial charge in [0.25, 0.3) is 0 Å². The molecular formula is C13H16FN5. The zero-order valence-electron chi connectivity index (χ0n) is 10.5. The summed E-state index contributed by atoms with van der Waals surface area (Å²) in [6.45, 7) is 1.97. The molecule has 0 amide bonds. The Bertz CT molecular complexity index is 504. The van der Waals surface area contributed by atoms with Crippen molar-refractivity contribution in [2.45, 2.75) is 18.9 Å². The van der Waals surface area contributed by atoms with E-state index >= 15 is 0 Å². The van der Waals surface area contributed by atoms with Gasteiger partial charge in [0.15, 0.2) is 6.33 Å². The van der Waals surface area contributed by atoms with Crippen LogP contribution in [0.25, 0.3) is 0 Å². The lowest BCUT2D eigenvalue weighted by Crippen LogP contribution is -2.36. The molecule has 1 unspecified atom stereocenters. The molecule has 5 nitrogen and oxygen atoms in total. The highest BCUT2D eigenvalue weighted by atomic mass is 19.1. The van der Waals surface area contributed by atoms with Crippen LogP contribution in [0.5, 0.6) is 0 Å². The quantitative estimate of drug-likeness (QED) is 0.907. The first-order chi connectivity index (χ1) is 9.34. The predicted octanol–water partition coefficient (Wildman–Crippen LogP) is 1.40. The number of benzene rings is 1. The molecule has 1 N–H and O–H groups in total. The Hall–Kier alpha value is -1.82. The van der Waals surface area contributed by atoms with Crippen molar-refractivity contribution < 1.29 is 4.39 Å². The number of nitrogens with one attached hydrogen (secondary N) is 1. The number of hydrogen-bond acceptors (Lipinski definition) is 4. The average molecular weight is 261 g/mol. The van der Waals surface area contributed by atoms with Gasteiger partial charge >= 0.3 is 0 Å². The average Bonchev–Trinajstić information content (AvgIpc) is 2.96. The molecule has 1 aliphatic heterocycles. The van der Waals surface area contributed by atoms with Crippen molar-refractivity contribution in [1.82, 2.24) is 25.5 Å². The normalized spacial score (nSPS) is 21.2. The van der Waals surface area contributed by atoms with Gasteiger partial charge in [0, 0.05) is 6.54 Å². The largest absolute Gasteiger partial charge is 0.316 e. The van der Waals surface area contributed by atoms with Crippen LogP contribution in [0.1, 0.15) is 24.4 Å². The van der Waals surface area contributed by atoms with Gasteiger partial charge in [-0.25, -0.2) is 4.39 Å². The van der Waals surface area contributed by atoms with Crippen molar-refractivity contribution in [2.75, 3.05) is 13.1 Å². The molecule has 1 aromatic carbocycles. The zero-order chi connectivity index (χ0) is 13.1. The minimum absolute atomic E-state index is 0.0101. The number of nitrogens with zero attached hydrogens (tertiary/aromatic N) is 4. The summed E-state index contributed by atoms with van der Waals surface area (Å²) in [6, 6.07) is 6.58. The van der Waals surface area contributed by atoms with E-state index in [0.29, 0.717) is 5.92 Å². The van der Waals surface area contributed by atoms with Gasteiger partial charge in [0.05, 0.1) is 0 Å². The van der Waals surface area contributed by atoms with Crippen LogP contribution in [0.3, 0.4) is 0 Å². The van der Waals surface area contributed by atoms with Crippen LogP contribution in [0.15, 0.2) is 30.6 Å². The maximum Gasteiger partial charge on any atom is 0.162 e. The van der Waals surface area contributed by atoms with Gasteiger partial charge in [-0.1, -0.05) is 12.1 Å². The van der Waals surface area contributed by atoms with Crippen LogP contribution in [0.2, 0.25) is 0 Å². The topological polar surface area (TPSA) is 55.6 Å². The lowest BCUT2D eigenvalue weighted by molar-refractivity contribution is 0.261. The van der Waals surface area contributed by atoms with Crippen molar-refractivity contribution in [3.05, 3.63) is 42.0 Å². The van der Waals surface area contributed by atoms with E-state index in [1.54, 1.807) is 16.9 Å². The molecule has 2 heterocycles. The molecule has 2 atom stereocenters. The first kappa shape index (κ1) is 12.2. The fourth-order valence-corrected chi connectivity index (χ4v) is 2.70. The Morgan fingerprint density at radius 2 is 2.16 bits per heavy atom. The summed E-state index contributed by atoms with van der Waals surface area (Å²) in [5.74, 6) is 0.171. The smallest absolute Gasteiger partial charge is 0.162 e. The monoisotopic (exact) mass is 261 g/mol. The molecule has 0 radical (unpaired) electrons. The van der Waals surface area contributed by atoms with Crippen LogP contribution >= 0.6 is 0 Å². The van der Waals surface area contributed by atoms with Crippen molar-refractivity contribution >= 4 is 0 Å². The van der Waals surface area contributed by atoms with E-state index in [-0.39, 0.29) is 11.9 Å². The number of halogens is 1. The minimum Gasteiger partial charge on any atom is -0.316 e. The van der Waals surface area contributed by atoms with E-state index in [1.807, 2.05) is 0 Å². The Labute approximate surface area is 110 Å². The highest BCUT2D eigenvalue weighted by Crippen LogP contribution is 2.29. The zero-order valence-corrected chi connectivity index (χ0v) is 10.5. The van der Waals surface area contributed by atoms with Gasteiger partial charge in [-0.2, -0.15) is 4.80 Å². The summed E-state index contributed by atoms with van der Waals surface area (Å²) >= 11 is 0. The first-order valence-electron chi connectivity index (χ1n) is 6.53. The lowest BCUT2D eigenvalue weighted by atomic mass is 9.87. The van der Waals surface area contributed by atoms with Crippen LogP contribution in [0.4, 0.5) is 4.39 Å². The predicted molar refractivity (Wildman–Crippen MR) is 67.9 cm³/mol. The van der Waals surface area contributed by atoms with E-state index in [9.17, 15) is 4.39 Å². The number of piperidine rings is 1. The van der Waals surface area contributed by atoms with E-state index < -0.39 is 0 Å². The maximum absolute atomic E-state index is 13.1. The fraction of sp³-hybridized carbons (Fsp3) is 0.462. The van der Waals surface area contributed by atoms with E-state index in [4.69, 9.17) is 0 Å². The Morgan fingerprint density at radius 1 is 1.32 bits per heavy atom. The standard InChI is InChI=1S/C13H16FN5/c14-12-5-3-10(4-6-12)13(19-17-9-16-18-19)11-2-1-7-15-8-11/h3-6,9,11,13,15H,1-2,7-8H2/t11-,13?/m0/s1. The summed E-state index contributed by atoms with van der Waals surface area (Å²) in [4.78, 5) is 1.63. The second-order valence-electron chi connectivity index (χ2n) is 4.86. The van der Waals surface area contributed by atoms with Crippen LogP contribution in [0, 0.1) is 11.7 Å². The van der Waals surface area contributed by atoms with E-state index in [2.05, 4.69) is 20.7 Å². The van der Waals surface area contributed by atoms with Crippen LogP contribution in [-0.4, -0.2) is 33.3 Å². The van der Waals surface area contributed by atoms with Gasteiger partial charge in [0.2, 0.25) is 0 Å². The first-order valence-corrected chi connectivity index (χ1v) is 6.53. The van der Waals surface area contributed by atoms with Crippen molar-refractivity contribution in [1.29, 1.82) is 0 Å². The second-order valence-corrected chi connectivity index (χ2v) is 4.86. The Balaban J connectivity index is 1.93. The number of tetrazole rings is 1. The van der Waals surface area contributed by atoms with Crippen LogP contribution < -0.4 is 5.32 Å². The minimum atomic E-state index is -0.226. The third-order valence-electron chi connectivity index (χ3n) is 3.61. The molecular weight excluding hydrogens is 245 g/mol. The van der Waals surface area contributed by atoms with Crippen molar-refractivity contribution in [3.63, 3.8) is 0 Å². The van der Waals surface area contributed by atoms with Gasteiger partial charge in [-0.15, -0.1) is 10.2 Å². The summed E-state index contributed by atoms with van der Waals surface area (Å²) in [5, 5.41) is 15.4. The van der Waals surface area contributed by atoms with Gasteiger partial charge < -0.3 is 5.32 Å². The molecule has 0 saturated carbocycles. The molecule has 1 saturated heterocycles. The third kappa shape index (κ3) is 2.63. The van der Waals surface area contributed by atoms with Crippen LogP contribution in [-0.2, 0) is 0 Å². The summed E-state index contributed by atoms with van der Waals surface area (Å²) in [6.07, 6.45) is 3.68. The molecule has 3 rings (SSSR count). The molecule has 1 aromatic heterocycles. The number of rotatable bonds is 3. The number of hydrogen-bond donors (Lipinski definition) is 1. The molecule has 0 bridgehead atoms. The number of aromatic nitrogens is 4. The van der Waals surface area contributed by atoms with Gasteiger partial charge in [-0.05, 0) is 48.2 Å². The van der Waals surface area contributed by atoms with Gasteiger partial charge in [-0.3, -0.25) is 0 Å². The molecule has 1 fully saturated rings. The third-order valence-corrected chi connectivity index (χ3v) is 3.61. The highest BCUT2D eigenvalue weighted by molar-refractivity contribution is 5.21. The molecule has 6 heteroatoms. The molecule has 100 valence electrons. The fourth-order valence-electron chi connectivity index (χ4n) is 2.70.